The number of hydrogen-bond acceptors (Lipinski definition) is 4. The number of benzene rings is 1. The van der Waals surface area contributed by atoms with Crippen molar-refractivity contribution in [1.29, 1.82) is 0 Å². The molecule has 2 atom stereocenters. The summed E-state index contributed by atoms with van der Waals surface area (Å²) in [6.45, 7) is 0.770. The van der Waals surface area contributed by atoms with Crippen LogP contribution in [0.25, 0.3) is 0 Å². The Hall–Kier alpha value is -1.53. The molecule has 0 aromatic heterocycles. The average molecular weight is 309 g/mol. The van der Waals surface area contributed by atoms with Gasteiger partial charge in [0.2, 0.25) is 5.91 Å². The topological polar surface area (TPSA) is 66.8 Å². The number of carboxylic acids is 1. The lowest BCUT2D eigenvalue weighted by molar-refractivity contribution is -0.151. The van der Waals surface area contributed by atoms with E-state index in [-0.39, 0.29) is 18.4 Å². The Labute approximate surface area is 129 Å². The average Bonchev–Trinajstić information content (AvgIpc) is 2.85. The molecule has 1 aromatic rings. The molecular formula is C15H19NO4S. The first kappa shape index (κ1) is 15.9. The van der Waals surface area contributed by atoms with E-state index >= 15 is 0 Å². The van der Waals surface area contributed by atoms with Crippen LogP contribution >= 0.6 is 12.6 Å². The smallest absolute Gasteiger partial charge is 0.328 e. The minimum absolute atomic E-state index is 0.00470. The van der Waals surface area contributed by atoms with E-state index < -0.39 is 12.0 Å². The van der Waals surface area contributed by atoms with Crippen LogP contribution in [0.4, 0.5) is 0 Å². The summed E-state index contributed by atoms with van der Waals surface area (Å²) in [5, 5.41) is 9.31. The molecule has 6 heteroatoms. The molecule has 0 aliphatic carbocycles. The van der Waals surface area contributed by atoms with E-state index in [0.717, 1.165) is 5.56 Å². The number of amides is 1. The first-order valence-corrected chi connectivity index (χ1v) is 7.50. The van der Waals surface area contributed by atoms with Crippen LogP contribution in [0.3, 0.4) is 0 Å². The number of carbonyl (C=O) groups is 2. The Balaban J connectivity index is 1.91. The van der Waals surface area contributed by atoms with Crippen molar-refractivity contribution >= 4 is 24.5 Å². The van der Waals surface area contributed by atoms with E-state index in [4.69, 9.17) is 4.74 Å². The van der Waals surface area contributed by atoms with Crippen molar-refractivity contribution in [2.24, 2.45) is 5.92 Å². The zero-order valence-electron chi connectivity index (χ0n) is 11.6. The lowest BCUT2D eigenvalue weighted by Gasteiger charge is -2.24. The first-order valence-electron chi connectivity index (χ1n) is 6.86. The third-order valence-electron chi connectivity index (χ3n) is 3.55. The molecule has 1 aliphatic rings. The summed E-state index contributed by atoms with van der Waals surface area (Å²) >= 11 is 4.18. The third-order valence-corrected chi connectivity index (χ3v) is 4.06. The normalized spacial score (nSPS) is 19.8. The van der Waals surface area contributed by atoms with E-state index in [0.29, 0.717) is 25.3 Å². The molecule has 0 saturated carbocycles. The number of carbonyl (C=O) groups excluding carboxylic acids is 1. The fraction of sp³-hybridized carbons (Fsp3) is 0.467. The Kier molecular flexibility index (Phi) is 5.64. The number of thiol groups is 1. The maximum absolute atomic E-state index is 11.9. The van der Waals surface area contributed by atoms with Crippen molar-refractivity contribution in [2.75, 3.05) is 18.9 Å². The van der Waals surface area contributed by atoms with Gasteiger partial charge in [0.15, 0.2) is 6.04 Å². The van der Waals surface area contributed by atoms with Crippen molar-refractivity contribution in [3.8, 4) is 0 Å². The van der Waals surface area contributed by atoms with Crippen LogP contribution in [0.5, 0.6) is 0 Å². The van der Waals surface area contributed by atoms with Gasteiger partial charge in [-0.3, -0.25) is 4.79 Å². The van der Waals surface area contributed by atoms with E-state index in [1.807, 2.05) is 30.3 Å². The molecule has 1 heterocycles. The third kappa shape index (κ3) is 4.22. The van der Waals surface area contributed by atoms with Crippen LogP contribution in [-0.4, -0.2) is 46.8 Å². The predicted octanol–water partition coefficient (Wildman–Crippen LogP) is 1.43. The largest absolute Gasteiger partial charge is 0.480 e. The van der Waals surface area contributed by atoms with Gasteiger partial charge in [0.25, 0.3) is 0 Å². The van der Waals surface area contributed by atoms with Gasteiger partial charge in [0, 0.05) is 13.0 Å². The quantitative estimate of drug-likeness (QED) is 0.748. The molecule has 0 spiro atoms. The summed E-state index contributed by atoms with van der Waals surface area (Å²) < 4.78 is 5.48. The molecule has 1 saturated heterocycles. The molecule has 114 valence electrons. The lowest BCUT2D eigenvalue weighted by atomic mass is 10.1. The number of aliphatic carboxylic acids is 1. The molecule has 5 nitrogen and oxygen atoms in total. The summed E-state index contributed by atoms with van der Waals surface area (Å²) in [5.41, 5.74) is 0.975. The standard InChI is InChI=1S/C15H19NO4S/c17-14-6-12(10-21)7-16(14)13(15(18)19)9-20-8-11-4-2-1-3-5-11/h1-5,12-13,21H,6-10H2,(H,18,19)/t12?,13-/m0/s1. The van der Waals surface area contributed by atoms with Gasteiger partial charge in [-0.25, -0.2) is 4.79 Å². The van der Waals surface area contributed by atoms with E-state index in [2.05, 4.69) is 12.6 Å². The molecule has 1 N–H and O–H groups in total. The van der Waals surface area contributed by atoms with Gasteiger partial charge in [-0.2, -0.15) is 12.6 Å². The highest BCUT2D eigenvalue weighted by Crippen LogP contribution is 2.21. The summed E-state index contributed by atoms with van der Waals surface area (Å²) in [4.78, 5) is 24.7. The minimum Gasteiger partial charge on any atom is -0.480 e. The van der Waals surface area contributed by atoms with Crippen LogP contribution in [-0.2, 0) is 20.9 Å². The van der Waals surface area contributed by atoms with Crippen LogP contribution in [0.1, 0.15) is 12.0 Å². The SMILES string of the molecule is O=C(O)[C@H](COCc1ccccc1)N1CC(CS)CC1=O. The minimum atomic E-state index is -1.03. The monoisotopic (exact) mass is 309 g/mol. The highest BCUT2D eigenvalue weighted by molar-refractivity contribution is 7.80. The van der Waals surface area contributed by atoms with Crippen LogP contribution in [0, 0.1) is 5.92 Å². The first-order chi connectivity index (χ1) is 10.1. The molecule has 1 aliphatic heterocycles. The summed E-state index contributed by atoms with van der Waals surface area (Å²) in [6, 6.07) is 8.60. The molecule has 0 radical (unpaired) electrons. The van der Waals surface area contributed by atoms with Gasteiger partial charge < -0.3 is 14.7 Å². The highest BCUT2D eigenvalue weighted by Gasteiger charge is 2.37. The van der Waals surface area contributed by atoms with Gasteiger partial charge >= 0.3 is 5.97 Å². The second kappa shape index (κ2) is 7.47. The second-order valence-corrected chi connectivity index (χ2v) is 5.52. The van der Waals surface area contributed by atoms with Gasteiger partial charge in [-0.15, -0.1) is 0 Å². The number of carboxylic acid groups (broad SMARTS) is 1. The zero-order chi connectivity index (χ0) is 15.2. The second-order valence-electron chi connectivity index (χ2n) is 5.15. The molecule has 1 fully saturated rings. The summed E-state index contributed by atoms with van der Waals surface area (Å²) in [6.07, 6.45) is 0.367. The van der Waals surface area contributed by atoms with Crippen molar-refractivity contribution in [3.63, 3.8) is 0 Å². The zero-order valence-corrected chi connectivity index (χ0v) is 12.5. The predicted molar refractivity (Wildman–Crippen MR) is 81.2 cm³/mol. The number of ether oxygens (including phenoxy) is 1. The van der Waals surface area contributed by atoms with Gasteiger partial charge in [0.1, 0.15) is 0 Å². The Morgan fingerprint density at radius 1 is 1.43 bits per heavy atom. The van der Waals surface area contributed by atoms with E-state index in [1.165, 1.54) is 4.90 Å². The van der Waals surface area contributed by atoms with Crippen molar-refractivity contribution < 1.29 is 19.4 Å². The fourth-order valence-corrected chi connectivity index (χ4v) is 2.63. The fourth-order valence-electron chi connectivity index (χ4n) is 2.39. The Morgan fingerprint density at radius 2 is 2.14 bits per heavy atom. The van der Waals surface area contributed by atoms with Crippen LogP contribution in [0.15, 0.2) is 30.3 Å². The van der Waals surface area contributed by atoms with E-state index in [9.17, 15) is 14.7 Å². The summed E-state index contributed by atoms with van der Waals surface area (Å²) in [7, 11) is 0. The molecule has 21 heavy (non-hydrogen) atoms. The molecule has 0 bridgehead atoms. The van der Waals surface area contributed by atoms with Crippen LogP contribution < -0.4 is 0 Å². The molecule has 1 amide bonds. The Morgan fingerprint density at radius 3 is 2.71 bits per heavy atom. The van der Waals surface area contributed by atoms with Crippen molar-refractivity contribution in [2.45, 2.75) is 19.1 Å². The maximum atomic E-state index is 11.9. The number of likely N-dealkylation sites (tertiary alicyclic amines) is 1. The van der Waals surface area contributed by atoms with Crippen molar-refractivity contribution in [1.82, 2.24) is 4.90 Å². The van der Waals surface area contributed by atoms with Gasteiger partial charge in [-0.05, 0) is 17.2 Å². The summed E-state index contributed by atoms with van der Waals surface area (Å²) in [5.74, 6) is -0.461. The number of hydrogen-bond donors (Lipinski definition) is 2. The molecule has 1 aromatic carbocycles. The van der Waals surface area contributed by atoms with Gasteiger partial charge in [-0.1, -0.05) is 30.3 Å². The van der Waals surface area contributed by atoms with Crippen molar-refractivity contribution in [3.05, 3.63) is 35.9 Å². The maximum Gasteiger partial charge on any atom is 0.328 e. The highest BCUT2D eigenvalue weighted by atomic mass is 32.1. The van der Waals surface area contributed by atoms with Crippen LogP contribution in [0.2, 0.25) is 0 Å². The molecule has 2 rings (SSSR count). The Bertz CT molecular complexity index is 494. The molecule has 1 unspecified atom stereocenters. The molecular weight excluding hydrogens is 290 g/mol. The lowest BCUT2D eigenvalue weighted by Crippen LogP contribution is -2.45. The van der Waals surface area contributed by atoms with Gasteiger partial charge in [0.05, 0.1) is 13.2 Å². The van der Waals surface area contributed by atoms with E-state index in [1.54, 1.807) is 0 Å². The number of nitrogens with zero attached hydrogens (tertiary/aromatic N) is 1. The number of rotatable bonds is 7.